The van der Waals surface area contributed by atoms with Crippen LogP contribution in [0.15, 0.2) is 29.6 Å². The fourth-order valence-electron chi connectivity index (χ4n) is 3.26. The molecule has 0 spiro atoms. The number of methoxy groups -OCH3 is 1. The lowest BCUT2D eigenvalue weighted by atomic mass is 9.95. The number of carbonyl (C=O) groups is 2. The fraction of sp³-hybridized carbons (Fsp3) is 0.474. The Labute approximate surface area is 162 Å². The molecule has 144 valence electrons. The molecule has 7 nitrogen and oxygen atoms in total. The number of benzene rings is 1. The average molecular weight is 388 g/mol. The van der Waals surface area contributed by atoms with Gasteiger partial charge < -0.3 is 15.0 Å². The molecular weight excluding hydrogens is 364 g/mol. The summed E-state index contributed by atoms with van der Waals surface area (Å²) in [5.74, 6) is 0.320. The summed E-state index contributed by atoms with van der Waals surface area (Å²) >= 11 is 1.12. The minimum absolute atomic E-state index is 0.00110. The highest BCUT2D eigenvalue weighted by Crippen LogP contribution is 2.18. The smallest absolute Gasteiger partial charge is 0.276 e. The van der Waals surface area contributed by atoms with Gasteiger partial charge in [0.25, 0.3) is 5.91 Å². The zero-order valence-corrected chi connectivity index (χ0v) is 16.2. The van der Waals surface area contributed by atoms with Gasteiger partial charge in [-0.25, -0.2) is 0 Å². The van der Waals surface area contributed by atoms with Gasteiger partial charge in [-0.15, -0.1) is 5.10 Å². The second kappa shape index (κ2) is 9.45. The maximum Gasteiger partial charge on any atom is 0.276 e. The first-order valence-corrected chi connectivity index (χ1v) is 9.98. The van der Waals surface area contributed by atoms with E-state index in [1.54, 1.807) is 12.5 Å². The van der Waals surface area contributed by atoms with Crippen molar-refractivity contribution in [3.05, 3.63) is 40.9 Å². The van der Waals surface area contributed by atoms with Gasteiger partial charge in [-0.3, -0.25) is 9.59 Å². The third-order valence-corrected chi connectivity index (χ3v) is 5.21. The summed E-state index contributed by atoms with van der Waals surface area (Å²) in [4.78, 5) is 26.8. The van der Waals surface area contributed by atoms with E-state index < -0.39 is 0 Å². The quantitative estimate of drug-likeness (QED) is 0.788. The Balaban J connectivity index is 1.68. The Morgan fingerprint density at radius 1 is 1.22 bits per heavy atom. The summed E-state index contributed by atoms with van der Waals surface area (Å²) in [6.07, 6.45) is 5.53. The van der Waals surface area contributed by atoms with Crippen LogP contribution >= 0.6 is 11.5 Å². The third-order valence-electron chi connectivity index (χ3n) is 4.70. The van der Waals surface area contributed by atoms with Crippen molar-refractivity contribution >= 4 is 23.3 Å². The molecule has 8 heteroatoms. The standard InChI is InChI=1S/C19H24N4O3S/c1-26-16-9-7-14(8-10-16)11-23(19(25)17-13-27-22-21-17)12-18(24)20-15-5-3-2-4-6-15/h7-10,13,15H,2-6,11-12H2,1H3,(H,20,24). The highest BCUT2D eigenvalue weighted by Gasteiger charge is 2.23. The van der Waals surface area contributed by atoms with Crippen molar-refractivity contribution in [2.45, 2.75) is 44.7 Å². The van der Waals surface area contributed by atoms with Crippen LogP contribution in [0.4, 0.5) is 0 Å². The summed E-state index contributed by atoms with van der Waals surface area (Å²) < 4.78 is 8.92. The van der Waals surface area contributed by atoms with Crippen molar-refractivity contribution in [2.75, 3.05) is 13.7 Å². The predicted molar refractivity (Wildman–Crippen MR) is 103 cm³/mol. The van der Waals surface area contributed by atoms with E-state index in [0.29, 0.717) is 6.54 Å². The lowest BCUT2D eigenvalue weighted by Crippen LogP contribution is -2.44. The number of aromatic nitrogens is 2. The summed E-state index contributed by atoms with van der Waals surface area (Å²) in [7, 11) is 1.61. The summed E-state index contributed by atoms with van der Waals surface area (Å²) in [6, 6.07) is 7.66. The van der Waals surface area contributed by atoms with Gasteiger partial charge in [0.1, 0.15) is 12.3 Å². The fourth-order valence-corrected chi connectivity index (χ4v) is 3.69. The number of hydrogen-bond acceptors (Lipinski definition) is 6. The molecule has 1 aromatic carbocycles. The van der Waals surface area contributed by atoms with Crippen LogP contribution in [0.2, 0.25) is 0 Å². The first-order valence-electron chi connectivity index (χ1n) is 9.14. The van der Waals surface area contributed by atoms with Crippen LogP contribution < -0.4 is 10.1 Å². The van der Waals surface area contributed by atoms with Gasteiger partial charge in [0.05, 0.1) is 7.11 Å². The molecule has 1 heterocycles. The normalized spacial score (nSPS) is 14.6. The highest BCUT2D eigenvalue weighted by atomic mass is 32.1. The van der Waals surface area contributed by atoms with E-state index in [9.17, 15) is 9.59 Å². The monoisotopic (exact) mass is 388 g/mol. The van der Waals surface area contributed by atoms with Crippen molar-refractivity contribution < 1.29 is 14.3 Å². The molecular formula is C19H24N4O3S. The minimum atomic E-state index is -0.293. The van der Waals surface area contributed by atoms with E-state index in [-0.39, 0.29) is 30.1 Å². The number of hydrogen-bond donors (Lipinski definition) is 1. The average Bonchev–Trinajstić information content (AvgIpc) is 3.23. The number of nitrogens with one attached hydrogen (secondary N) is 1. The lowest BCUT2D eigenvalue weighted by Gasteiger charge is -2.26. The van der Waals surface area contributed by atoms with E-state index in [0.717, 1.165) is 48.5 Å². The van der Waals surface area contributed by atoms with Crippen LogP contribution in [0.25, 0.3) is 0 Å². The molecule has 1 aliphatic carbocycles. The Morgan fingerprint density at radius 3 is 2.59 bits per heavy atom. The zero-order valence-electron chi connectivity index (χ0n) is 15.4. The van der Waals surface area contributed by atoms with Gasteiger partial charge in [-0.2, -0.15) is 0 Å². The Hall–Kier alpha value is -2.48. The SMILES string of the molecule is COc1ccc(CN(CC(=O)NC2CCCCC2)C(=O)c2csnn2)cc1. The van der Waals surface area contributed by atoms with Crippen molar-refractivity contribution in [3.8, 4) is 5.75 Å². The van der Waals surface area contributed by atoms with Crippen molar-refractivity contribution in [1.29, 1.82) is 0 Å². The van der Waals surface area contributed by atoms with Gasteiger partial charge in [-0.05, 0) is 42.1 Å². The molecule has 1 aliphatic rings. The number of ether oxygens (including phenoxy) is 1. The molecule has 1 fully saturated rings. The third kappa shape index (κ3) is 5.50. The molecule has 2 aromatic rings. The number of amides is 2. The lowest BCUT2D eigenvalue weighted by molar-refractivity contribution is -0.122. The van der Waals surface area contributed by atoms with Crippen molar-refractivity contribution in [1.82, 2.24) is 19.8 Å². The van der Waals surface area contributed by atoms with Crippen LogP contribution in [0.5, 0.6) is 5.75 Å². The molecule has 0 aliphatic heterocycles. The summed E-state index contributed by atoms with van der Waals surface area (Å²) in [5.41, 5.74) is 1.18. The first-order chi connectivity index (χ1) is 13.2. The van der Waals surface area contributed by atoms with E-state index in [1.807, 2.05) is 24.3 Å². The van der Waals surface area contributed by atoms with E-state index in [1.165, 1.54) is 11.3 Å². The molecule has 2 amide bonds. The maximum atomic E-state index is 12.8. The van der Waals surface area contributed by atoms with E-state index >= 15 is 0 Å². The highest BCUT2D eigenvalue weighted by molar-refractivity contribution is 7.03. The van der Waals surface area contributed by atoms with Crippen molar-refractivity contribution in [2.24, 2.45) is 0 Å². The minimum Gasteiger partial charge on any atom is -0.497 e. The Morgan fingerprint density at radius 2 is 1.96 bits per heavy atom. The van der Waals surface area contributed by atoms with Gasteiger partial charge in [-0.1, -0.05) is 35.9 Å². The van der Waals surface area contributed by atoms with Crippen molar-refractivity contribution in [3.63, 3.8) is 0 Å². The Bertz CT molecular complexity index is 743. The molecule has 1 N–H and O–H groups in total. The molecule has 0 atom stereocenters. The van der Waals surface area contributed by atoms with Crippen LogP contribution in [0, 0.1) is 0 Å². The summed E-state index contributed by atoms with van der Waals surface area (Å²) in [6.45, 7) is 0.317. The Kier molecular flexibility index (Phi) is 6.75. The zero-order chi connectivity index (χ0) is 19.1. The summed E-state index contributed by atoms with van der Waals surface area (Å²) in [5, 5.41) is 8.52. The second-order valence-electron chi connectivity index (χ2n) is 6.70. The molecule has 0 saturated heterocycles. The largest absolute Gasteiger partial charge is 0.497 e. The number of carbonyl (C=O) groups excluding carboxylic acids is 2. The molecule has 1 saturated carbocycles. The topological polar surface area (TPSA) is 84.4 Å². The van der Waals surface area contributed by atoms with E-state index in [2.05, 4.69) is 14.9 Å². The molecule has 1 aromatic heterocycles. The number of rotatable bonds is 7. The van der Waals surface area contributed by atoms with Gasteiger partial charge in [0.2, 0.25) is 5.91 Å². The van der Waals surface area contributed by atoms with Crippen LogP contribution in [-0.4, -0.2) is 46.0 Å². The van der Waals surface area contributed by atoms with Gasteiger partial charge in [0, 0.05) is 18.0 Å². The van der Waals surface area contributed by atoms with Gasteiger partial charge >= 0.3 is 0 Å². The predicted octanol–water partition coefficient (Wildman–Crippen LogP) is 2.64. The number of nitrogens with zero attached hydrogens (tertiary/aromatic N) is 3. The maximum absolute atomic E-state index is 12.8. The van der Waals surface area contributed by atoms with Crippen LogP contribution in [0.3, 0.4) is 0 Å². The molecule has 3 rings (SSSR count). The second-order valence-corrected chi connectivity index (χ2v) is 7.31. The molecule has 0 bridgehead atoms. The molecule has 0 unspecified atom stereocenters. The first kappa shape index (κ1) is 19.3. The molecule has 27 heavy (non-hydrogen) atoms. The van der Waals surface area contributed by atoms with Crippen LogP contribution in [-0.2, 0) is 11.3 Å². The van der Waals surface area contributed by atoms with Crippen LogP contribution in [0.1, 0.15) is 48.2 Å². The van der Waals surface area contributed by atoms with E-state index in [4.69, 9.17) is 4.74 Å². The molecule has 0 radical (unpaired) electrons. The van der Waals surface area contributed by atoms with Gasteiger partial charge in [0.15, 0.2) is 5.69 Å².